The lowest BCUT2D eigenvalue weighted by Crippen LogP contribution is -2.39. The second kappa shape index (κ2) is 7.66. The third kappa shape index (κ3) is 4.48. The highest BCUT2D eigenvalue weighted by molar-refractivity contribution is 6.39. The lowest BCUT2D eigenvalue weighted by Gasteiger charge is -2.35. The fourth-order valence-corrected chi connectivity index (χ4v) is 3.59. The van der Waals surface area contributed by atoms with E-state index in [1.54, 1.807) is 0 Å². The Kier molecular flexibility index (Phi) is 6.15. The van der Waals surface area contributed by atoms with Crippen molar-refractivity contribution in [3.05, 3.63) is 28.0 Å². The molecule has 118 valence electrons. The van der Waals surface area contributed by atoms with Gasteiger partial charge in [-0.2, -0.15) is 0 Å². The number of anilines is 1. The molecule has 0 radical (unpaired) electrons. The SMILES string of the molecule is CCCN1CCC(C(C)Nc2c(Cl)cc(F)cc2Cl)CC1. The average molecular weight is 333 g/mol. The van der Waals surface area contributed by atoms with Crippen molar-refractivity contribution >= 4 is 28.9 Å². The molecule has 0 aromatic heterocycles. The van der Waals surface area contributed by atoms with Crippen LogP contribution in [-0.4, -0.2) is 30.6 Å². The van der Waals surface area contributed by atoms with Gasteiger partial charge in [-0.25, -0.2) is 4.39 Å². The van der Waals surface area contributed by atoms with Gasteiger partial charge in [0.1, 0.15) is 5.82 Å². The van der Waals surface area contributed by atoms with E-state index >= 15 is 0 Å². The lowest BCUT2D eigenvalue weighted by molar-refractivity contribution is 0.176. The average Bonchev–Trinajstić information content (AvgIpc) is 2.43. The van der Waals surface area contributed by atoms with E-state index in [4.69, 9.17) is 23.2 Å². The smallest absolute Gasteiger partial charge is 0.126 e. The maximum atomic E-state index is 13.2. The molecule has 2 nitrogen and oxygen atoms in total. The molecule has 1 atom stereocenters. The zero-order valence-corrected chi connectivity index (χ0v) is 14.1. The van der Waals surface area contributed by atoms with Crippen LogP contribution in [0.1, 0.15) is 33.1 Å². The highest BCUT2D eigenvalue weighted by Gasteiger charge is 2.24. The van der Waals surface area contributed by atoms with Crippen molar-refractivity contribution in [2.45, 2.75) is 39.2 Å². The van der Waals surface area contributed by atoms with Gasteiger partial charge in [0.2, 0.25) is 0 Å². The molecule has 1 aromatic carbocycles. The molecular formula is C16H23Cl2FN2. The predicted octanol–water partition coefficient (Wildman–Crippen LogP) is 5.05. The third-order valence-electron chi connectivity index (χ3n) is 4.26. The van der Waals surface area contributed by atoms with Crippen molar-refractivity contribution in [2.24, 2.45) is 5.92 Å². The molecule has 5 heteroatoms. The number of hydrogen-bond acceptors (Lipinski definition) is 2. The summed E-state index contributed by atoms with van der Waals surface area (Å²) in [5, 5.41) is 4.06. The number of likely N-dealkylation sites (tertiary alicyclic amines) is 1. The molecule has 1 unspecified atom stereocenters. The van der Waals surface area contributed by atoms with E-state index in [0.29, 0.717) is 21.7 Å². The molecule has 0 aliphatic carbocycles. The zero-order valence-electron chi connectivity index (χ0n) is 12.6. The minimum atomic E-state index is -0.406. The topological polar surface area (TPSA) is 15.3 Å². The Bertz CT molecular complexity index is 450. The van der Waals surface area contributed by atoms with Crippen LogP contribution in [0.5, 0.6) is 0 Å². The van der Waals surface area contributed by atoms with Crippen LogP contribution in [0.3, 0.4) is 0 Å². The van der Waals surface area contributed by atoms with Crippen LogP contribution in [0.15, 0.2) is 12.1 Å². The summed E-state index contributed by atoms with van der Waals surface area (Å²) in [5.41, 5.74) is 0.642. The minimum absolute atomic E-state index is 0.272. The van der Waals surface area contributed by atoms with E-state index in [2.05, 4.69) is 24.1 Å². The van der Waals surface area contributed by atoms with Crippen LogP contribution in [0.4, 0.5) is 10.1 Å². The second-order valence-corrected chi connectivity index (χ2v) is 6.67. The van der Waals surface area contributed by atoms with Gasteiger partial charge in [0.15, 0.2) is 0 Å². The number of rotatable bonds is 5. The van der Waals surface area contributed by atoms with E-state index in [1.165, 1.54) is 37.9 Å². The fraction of sp³-hybridized carbons (Fsp3) is 0.625. The van der Waals surface area contributed by atoms with E-state index in [9.17, 15) is 4.39 Å². The minimum Gasteiger partial charge on any atom is -0.380 e. The van der Waals surface area contributed by atoms with E-state index in [0.717, 1.165) is 13.1 Å². The Morgan fingerprint density at radius 3 is 2.38 bits per heavy atom. The molecule has 1 aliphatic rings. The summed E-state index contributed by atoms with van der Waals surface area (Å²) in [6.45, 7) is 7.85. The predicted molar refractivity (Wildman–Crippen MR) is 89.0 cm³/mol. The van der Waals surface area contributed by atoms with Gasteiger partial charge in [-0.1, -0.05) is 30.1 Å². The van der Waals surface area contributed by atoms with Crippen LogP contribution in [0.2, 0.25) is 10.0 Å². The highest BCUT2D eigenvalue weighted by atomic mass is 35.5. The Morgan fingerprint density at radius 1 is 1.29 bits per heavy atom. The van der Waals surface area contributed by atoms with E-state index < -0.39 is 5.82 Å². The Morgan fingerprint density at radius 2 is 1.86 bits per heavy atom. The lowest BCUT2D eigenvalue weighted by atomic mass is 9.90. The van der Waals surface area contributed by atoms with Gasteiger partial charge < -0.3 is 10.2 Å². The number of piperidine rings is 1. The maximum Gasteiger partial charge on any atom is 0.126 e. The van der Waals surface area contributed by atoms with E-state index in [1.807, 2.05) is 0 Å². The van der Waals surface area contributed by atoms with Crippen molar-refractivity contribution in [1.82, 2.24) is 4.90 Å². The molecule has 1 heterocycles. The molecule has 1 aliphatic heterocycles. The number of nitrogens with one attached hydrogen (secondary N) is 1. The molecule has 2 rings (SSSR count). The maximum absolute atomic E-state index is 13.2. The summed E-state index contributed by atoms with van der Waals surface area (Å²) in [5.74, 6) is 0.186. The van der Waals surface area contributed by atoms with Gasteiger partial charge in [0.25, 0.3) is 0 Å². The molecule has 21 heavy (non-hydrogen) atoms. The molecule has 0 bridgehead atoms. The third-order valence-corrected chi connectivity index (χ3v) is 4.85. The zero-order chi connectivity index (χ0) is 15.4. The number of hydrogen-bond donors (Lipinski definition) is 1. The van der Waals surface area contributed by atoms with Crippen molar-refractivity contribution in [2.75, 3.05) is 25.0 Å². The van der Waals surface area contributed by atoms with Gasteiger partial charge in [-0.3, -0.25) is 0 Å². The first-order valence-electron chi connectivity index (χ1n) is 7.64. The first-order chi connectivity index (χ1) is 10.0. The molecule has 1 fully saturated rings. The van der Waals surface area contributed by atoms with Crippen LogP contribution in [0.25, 0.3) is 0 Å². The van der Waals surface area contributed by atoms with Gasteiger partial charge in [0, 0.05) is 6.04 Å². The normalized spacial score (nSPS) is 18.7. The summed E-state index contributed by atoms with van der Waals surface area (Å²) in [6, 6.07) is 2.87. The molecule has 0 amide bonds. The molecule has 1 N–H and O–H groups in total. The van der Waals surface area contributed by atoms with Crippen LogP contribution < -0.4 is 5.32 Å². The summed E-state index contributed by atoms with van der Waals surface area (Å²) >= 11 is 12.2. The molecule has 1 aromatic rings. The van der Waals surface area contributed by atoms with Crippen molar-refractivity contribution in [3.63, 3.8) is 0 Å². The van der Waals surface area contributed by atoms with Gasteiger partial charge in [0.05, 0.1) is 15.7 Å². The van der Waals surface area contributed by atoms with Crippen LogP contribution >= 0.6 is 23.2 Å². The van der Waals surface area contributed by atoms with Gasteiger partial charge >= 0.3 is 0 Å². The van der Waals surface area contributed by atoms with E-state index in [-0.39, 0.29) is 6.04 Å². The largest absolute Gasteiger partial charge is 0.380 e. The standard InChI is InChI=1S/C16H23Cl2FN2/c1-3-6-21-7-4-12(5-8-21)11(2)20-16-14(17)9-13(19)10-15(16)18/h9-12,20H,3-8H2,1-2H3. The first-order valence-corrected chi connectivity index (χ1v) is 8.40. The van der Waals surface area contributed by atoms with Crippen molar-refractivity contribution < 1.29 is 4.39 Å². The fourth-order valence-electron chi connectivity index (χ4n) is 3.02. The summed E-state index contributed by atoms with van der Waals surface area (Å²) in [4.78, 5) is 2.51. The Balaban J connectivity index is 1.95. The molecule has 0 saturated carbocycles. The van der Waals surface area contributed by atoms with Gasteiger partial charge in [-0.15, -0.1) is 0 Å². The molecular weight excluding hydrogens is 310 g/mol. The molecule has 1 saturated heterocycles. The van der Waals surface area contributed by atoms with Crippen molar-refractivity contribution in [1.29, 1.82) is 0 Å². The number of halogens is 3. The van der Waals surface area contributed by atoms with Crippen LogP contribution in [-0.2, 0) is 0 Å². The number of nitrogens with zero attached hydrogens (tertiary/aromatic N) is 1. The summed E-state index contributed by atoms with van der Waals surface area (Å²) < 4.78 is 13.2. The van der Waals surface area contributed by atoms with Crippen LogP contribution in [0, 0.1) is 11.7 Å². The Hall–Kier alpha value is -0.510. The monoisotopic (exact) mass is 332 g/mol. The molecule has 0 spiro atoms. The second-order valence-electron chi connectivity index (χ2n) is 5.86. The highest BCUT2D eigenvalue weighted by Crippen LogP contribution is 2.33. The summed E-state index contributed by atoms with van der Waals surface area (Å²) in [7, 11) is 0. The first kappa shape index (κ1) is 16.9. The summed E-state index contributed by atoms with van der Waals surface area (Å²) in [6.07, 6.45) is 3.55. The quantitative estimate of drug-likeness (QED) is 0.811. The number of benzene rings is 1. The Labute approximate surface area is 136 Å². The van der Waals surface area contributed by atoms with Gasteiger partial charge in [-0.05, 0) is 63.9 Å². The van der Waals surface area contributed by atoms with Crippen molar-refractivity contribution in [3.8, 4) is 0 Å².